The van der Waals surface area contributed by atoms with Crippen molar-refractivity contribution in [2.75, 3.05) is 7.11 Å². The second kappa shape index (κ2) is 5.55. The summed E-state index contributed by atoms with van der Waals surface area (Å²) in [7, 11) is 1.57. The Morgan fingerprint density at radius 2 is 2.14 bits per heavy atom. The molecule has 2 nitrogen and oxygen atoms in total. The number of benzene rings is 1. The maximum Gasteiger partial charge on any atom is 0.148 e. The van der Waals surface area contributed by atoms with E-state index in [1.54, 1.807) is 7.11 Å². The van der Waals surface area contributed by atoms with E-state index in [0.717, 1.165) is 19.1 Å². The number of hydrogen-bond acceptors (Lipinski definition) is 2. The van der Waals surface area contributed by atoms with Crippen LogP contribution in [-0.2, 0) is 16.0 Å². The molecule has 14 heavy (non-hydrogen) atoms. The van der Waals surface area contributed by atoms with Gasteiger partial charge >= 0.3 is 0 Å². The Hall–Kier alpha value is -1.15. The van der Waals surface area contributed by atoms with E-state index in [0.29, 0.717) is 0 Å². The quantitative estimate of drug-likeness (QED) is 0.668. The highest BCUT2D eigenvalue weighted by atomic mass is 16.5. The van der Waals surface area contributed by atoms with Crippen LogP contribution < -0.4 is 0 Å². The number of methoxy groups -OCH3 is 1. The van der Waals surface area contributed by atoms with Gasteiger partial charge in [0.2, 0.25) is 0 Å². The zero-order valence-corrected chi connectivity index (χ0v) is 8.69. The molecule has 0 aliphatic heterocycles. The third-order valence-corrected chi connectivity index (χ3v) is 2.41. The van der Waals surface area contributed by atoms with E-state index in [-0.39, 0.29) is 6.10 Å². The fourth-order valence-electron chi connectivity index (χ4n) is 1.43. The summed E-state index contributed by atoms with van der Waals surface area (Å²) in [6.07, 6.45) is 2.24. The topological polar surface area (TPSA) is 26.3 Å². The average Bonchev–Trinajstić information content (AvgIpc) is 2.22. The maximum atomic E-state index is 10.5. The van der Waals surface area contributed by atoms with Crippen molar-refractivity contribution >= 4 is 6.29 Å². The SMILES string of the molecule is COC(C=O)CCc1ccccc1C. The lowest BCUT2D eigenvalue weighted by atomic mass is 10.0. The largest absolute Gasteiger partial charge is 0.374 e. The number of carbonyl (C=O) groups is 1. The first-order chi connectivity index (χ1) is 6.77. The molecule has 0 heterocycles. The molecule has 0 radical (unpaired) electrons. The van der Waals surface area contributed by atoms with Crippen molar-refractivity contribution in [3.63, 3.8) is 0 Å². The van der Waals surface area contributed by atoms with Crippen LogP contribution in [0.4, 0.5) is 0 Å². The molecule has 0 fully saturated rings. The second-order valence-electron chi connectivity index (χ2n) is 3.38. The molecular weight excluding hydrogens is 176 g/mol. The molecular formula is C12H16O2. The summed E-state index contributed by atoms with van der Waals surface area (Å²) in [4.78, 5) is 10.5. The summed E-state index contributed by atoms with van der Waals surface area (Å²) in [5.74, 6) is 0. The first-order valence-corrected chi connectivity index (χ1v) is 4.80. The van der Waals surface area contributed by atoms with Crippen LogP contribution in [-0.4, -0.2) is 19.5 Å². The fraction of sp³-hybridized carbons (Fsp3) is 0.417. The highest BCUT2D eigenvalue weighted by Gasteiger charge is 2.06. The summed E-state index contributed by atoms with van der Waals surface area (Å²) < 4.78 is 4.99. The van der Waals surface area contributed by atoms with Crippen molar-refractivity contribution in [2.24, 2.45) is 0 Å². The van der Waals surface area contributed by atoms with Crippen molar-refractivity contribution in [2.45, 2.75) is 25.9 Å². The van der Waals surface area contributed by atoms with Gasteiger partial charge < -0.3 is 9.53 Å². The van der Waals surface area contributed by atoms with Crippen molar-refractivity contribution in [1.29, 1.82) is 0 Å². The molecule has 0 saturated carbocycles. The van der Waals surface area contributed by atoms with Crippen LogP contribution in [0.2, 0.25) is 0 Å². The predicted octanol–water partition coefficient (Wildman–Crippen LogP) is 2.14. The zero-order chi connectivity index (χ0) is 10.4. The van der Waals surface area contributed by atoms with Crippen LogP contribution in [0.25, 0.3) is 0 Å². The van der Waals surface area contributed by atoms with E-state index in [2.05, 4.69) is 19.1 Å². The Balaban J connectivity index is 2.53. The van der Waals surface area contributed by atoms with Gasteiger partial charge in [0.05, 0.1) is 0 Å². The van der Waals surface area contributed by atoms with Crippen LogP contribution in [0.5, 0.6) is 0 Å². The summed E-state index contributed by atoms with van der Waals surface area (Å²) in [6.45, 7) is 2.08. The first kappa shape index (κ1) is 10.9. The fourth-order valence-corrected chi connectivity index (χ4v) is 1.43. The minimum Gasteiger partial charge on any atom is -0.374 e. The standard InChI is InChI=1S/C12H16O2/c1-10-5-3-4-6-11(10)7-8-12(9-13)14-2/h3-6,9,12H,7-8H2,1-2H3. The predicted molar refractivity (Wildman–Crippen MR) is 56.4 cm³/mol. The average molecular weight is 192 g/mol. The van der Waals surface area contributed by atoms with Gasteiger partial charge in [-0.2, -0.15) is 0 Å². The molecule has 0 aliphatic rings. The molecule has 0 spiro atoms. The van der Waals surface area contributed by atoms with Gasteiger partial charge in [0, 0.05) is 7.11 Å². The number of rotatable bonds is 5. The summed E-state index contributed by atoms with van der Waals surface area (Å²) in [6, 6.07) is 8.21. The number of ether oxygens (including phenoxy) is 1. The Morgan fingerprint density at radius 3 is 2.71 bits per heavy atom. The van der Waals surface area contributed by atoms with Gasteiger partial charge in [0.15, 0.2) is 0 Å². The summed E-state index contributed by atoms with van der Waals surface area (Å²) in [5.41, 5.74) is 2.56. The molecule has 0 amide bonds. The molecule has 0 aliphatic carbocycles. The van der Waals surface area contributed by atoms with Gasteiger partial charge in [0.25, 0.3) is 0 Å². The lowest BCUT2D eigenvalue weighted by Gasteiger charge is -2.09. The monoisotopic (exact) mass is 192 g/mol. The van der Waals surface area contributed by atoms with E-state index < -0.39 is 0 Å². The van der Waals surface area contributed by atoms with Gasteiger partial charge in [0.1, 0.15) is 12.4 Å². The molecule has 0 aromatic heterocycles. The van der Waals surface area contributed by atoms with Crippen molar-refractivity contribution in [3.8, 4) is 0 Å². The maximum absolute atomic E-state index is 10.5. The van der Waals surface area contributed by atoms with E-state index in [9.17, 15) is 4.79 Å². The van der Waals surface area contributed by atoms with Gasteiger partial charge in [-0.15, -0.1) is 0 Å². The number of carbonyl (C=O) groups excluding carboxylic acids is 1. The van der Waals surface area contributed by atoms with Crippen LogP contribution in [0.3, 0.4) is 0 Å². The Kier molecular flexibility index (Phi) is 4.33. The normalized spacial score (nSPS) is 12.4. The lowest BCUT2D eigenvalue weighted by Crippen LogP contribution is -2.13. The first-order valence-electron chi connectivity index (χ1n) is 4.80. The van der Waals surface area contributed by atoms with Gasteiger partial charge in [-0.05, 0) is 30.9 Å². The minimum absolute atomic E-state index is 0.269. The number of aldehydes is 1. The highest BCUT2D eigenvalue weighted by Crippen LogP contribution is 2.10. The Bertz CT molecular complexity index is 294. The number of aryl methyl sites for hydroxylation is 2. The zero-order valence-electron chi connectivity index (χ0n) is 8.69. The van der Waals surface area contributed by atoms with E-state index in [1.165, 1.54) is 11.1 Å². The molecule has 1 atom stereocenters. The molecule has 1 unspecified atom stereocenters. The number of hydrogen-bond donors (Lipinski definition) is 0. The van der Waals surface area contributed by atoms with Crippen molar-refractivity contribution in [1.82, 2.24) is 0 Å². The van der Waals surface area contributed by atoms with E-state index >= 15 is 0 Å². The molecule has 1 aromatic carbocycles. The van der Waals surface area contributed by atoms with Crippen molar-refractivity contribution in [3.05, 3.63) is 35.4 Å². The molecule has 0 bridgehead atoms. The van der Waals surface area contributed by atoms with Crippen LogP contribution in [0.15, 0.2) is 24.3 Å². The van der Waals surface area contributed by atoms with E-state index in [1.807, 2.05) is 12.1 Å². The molecule has 0 saturated heterocycles. The summed E-state index contributed by atoms with van der Waals surface area (Å²) >= 11 is 0. The van der Waals surface area contributed by atoms with Crippen LogP contribution >= 0.6 is 0 Å². The third-order valence-electron chi connectivity index (χ3n) is 2.41. The van der Waals surface area contributed by atoms with E-state index in [4.69, 9.17) is 4.74 Å². The minimum atomic E-state index is -0.269. The van der Waals surface area contributed by atoms with Gasteiger partial charge in [-0.1, -0.05) is 24.3 Å². The molecule has 0 N–H and O–H groups in total. The molecule has 2 heteroatoms. The lowest BCUT2D eigenvalue weighted by molar-refractivity contribution is -0.116. The summed E-state index contributed by atoms with van der Waals surface area (Å²) in [5, 5.41) is 0. The smallest absolute Gasteiger partial charge is 0.148 e. The molecule has 1 rings (SSSR count). The van der Waals surface area contributed by atoms with Gasteiger partial charge in [-0.3, -0.25) is 0 Å². The highest BCUT2D eigenvalue weighted by molar-refractivity contribution is 5.55. The molecule has 1 aromatic rings. The molecule has 76 valence electrons. The van der Waals surface area contributed by atoms with Crippen LogP contribution in [0, 0.1) is 6.92 Å². The second-order valence-corrected chi connectivity index (χ2v) is 3.38. The Labute approximate surface area is 84.9 Å². The van der Waals surface area contributed by atoms with Gasteiger partial charge in [-0.25, -0.2) is 0 Å². The Morgan fingerprint density at radius 1 is 1.43 bits per heavy atom. The third kappa shape index (κ3) is 2.96. The van der Waals surface area contributed by atoms with Crippen LogP contribution in [0.1, 0.15) is 17.5 Å². The van der Waals surface area contributed by atoms with Crippen molar-refractivity contribution < 1.29 is 9.53 Å².